The molecule has 1 aromatic heterocycles. The Morgan fingerprint density at radius 1 is 1.05 bits per heavy atom. The van der Waals surface area contributed by atoms with Crippen LogP contribution in [-0.2, 0) is 0 Å². The second-order valence-electron chi connectivity index (χ2n) is 10.4. The summed E-state index contributed by atoms with van der Waals surface area (Å²) in [6.07, 6.45) is 3.97. The number of aromatic hydroxyl groups is 1. The van der Waals surface area contributed by atoms with Gasteiger partial charge < -0.3 is 25.0 Å². The third kappa shape index (κ3) is 4.61. The fourth-order valence-electron chi connectivity index (χ4n) is 5.80. The van der Waals surface area contributed by atoms with Crippen molar-refractivity contribution in [2.24, 2.45) is 0 Å². The van der Waals surface area contributed by atoms with E-state index < -0.39 is 5.82 Å². The lowest BCUT2D eigenvalue weighted by Gasteiger charge is -2.48. The lowest BCUT2D eigenvalue weighted by Crippen LogP contribution is -2.67. The molecule has 198 valence electrons. The van der Waals surface area contributed by atoms with Gasteiger partial charge in [0.15, 0.2) is 5.82 Å². The van der Waals surface area contributed by atoms with E-state index in [0.29, 0.717) is 28.9 Å². The topological polar surface area (TPSA) is 73.8 Å². The highest BCUT2D eigenvalue weighted by molar-refractivity contribution is 6.35. The highest BCUT2D eigenvalue weighted by atomic mass is 35.5. The van der Waals surface area contributed by atoms with Gasteiger partial charge in [-0.1, -0.05) is 35.9 Å². The number of ether oxygens (including phenoxy) is 1. The molecular weight excluding hydrogens is 505 g/mol. The van der Waals surface area contributed by atoms with Gasteiger partial charge in [-0.2, -0.15) is 9.97 Å². The van der Waals surface area contributed by atoms with Crippen LogP contribution >= 0.6 is 11.6 Å². The molecule has 9 heteroatoms. The van der Waals surface area contributed by atoms with Gasteiger partial charge in [-0.15, -0.1) is 0 Å². The van der Waals surface area contributed by atoms with Crippen LogP contribution < -0.4 is 15.0 Å². The molecule has 0 amide bonds. The molecule has 7 nitrogen and oxygen atoms in total. The summed E-state index contributed by atoms with van der Waals surface area (Å²) in [7, 11) is 3.64. The fraction of sp³-hybridized carbons (Fsp3) is 0.379. The third-order valence-corrected chi connectivity index (χ3v) is 7.99. The number of anilines is 1. The van der Waals surface area contributed by atoms with Crippen molar-refractivity contribution in [3.63, 3.8) is 0 Å². The Balaban J connectivity index is 0.000000390. The molecule has 4 aliphatic rings. The molecule has 0 saturated carbocycles. The number of likely N-dealkylation sites (tertiary alicyclic amines) is 1. The maximum atomic E-state index is 16.1. The van der Waals surface area contributed by atoms with Gasteiger partial charge in [0, 0.05) is 36.1 Å². The number of aromatic nitrogens is 2. The first-order valence-electron chi connectivity index (χ1n) is 13.1. The summed E-state index contributed by atoms with van der Waals surface area (Å²) < 4.78 is 21.4. The average molecular weight is 536 g/mol. The number of halogens is 2. The van der Waals surface area contributed by atoms with E-state index in [0.717, 1.165) is 30.3 Å². The molecular formula is C29H31ClFN5O2. The van der Waals surface area contributed by atoms with E-state index in [2.05, 4.69) is 32.1 Å². The zero-order valence-corrected chi connectivity index (χ0v) is 22.3. The molecule has 5 heterocycles. The van der Waals surface area contributed by atoms with E-state index >= 15 is 4.39 Å². The summed E-state index contributed by atoms with van der Waals surface area (Å²) in [5.41, 5.74) is 0.847. The minimum Gasteiger partial charge on any atom is -0.508 e. The summed E-state index contributed by atoms with van der Waals surface area (Å²) >= 11 is 6.68. The number of benzene rings is 3. The van der Waals surface area contributed by atoms with Gasteiger partial charge in [0.2, 0.25) is 0 Å². The number of fused-ring (bicyclic) bond motifs is 4. The zero-order chi connectivity index (χ0) is 26.4. The molecule has 3 aromatic carbocycles. The summed E-state index contributed by atoms with van der Waals surface area (Å²) in [6.45, 7) is 4.20. The minimum absolute atomic E-state index is 0.0373. The molecule has 4 fully saturated rings. The molecule has 2 unspecified atom stereocenters. The summed E-state index contributed by atoms with van der Waals surface area (Å²) in [4.78, 5) is 13.4. The highest BCUT2D eigenvalue weighted by Gasteiger charge is 2.38. The van der Waals surface area contributed by atoms with Crippen LogP contribution in [0.2, 0.25) is 5.02 Å². The number of methoxy groups -OCH3 is 1. The highest BCUT2D eigenvalue weighted by Crippen LogP contribution is 2.42. The van der Waals surface area contributed by atoms with Gasteiger partial charge in [0.25, 0.3) is 0 Å². The Kier molecular flexibility index (Phi) is 6.72. The predicted octanol–water partition coefficient (Wildman–Crippen LogP) is 5.22. The first kappa shape index (κ1) is 25.1. The van der Waals surface area contributed by atoms with Crippen molar-refractivity contribution in [2.75, 3.05) is 45.2 Å². The SMILES string of the molecule is CN1CCCC1.COc1nc(N2CC3CC(C2)N3)c2cc(Cl)c(-c3cc(O)cc4ccccc34)c(F)c2n1. The molecule has 2 bridgehead atoms. The van der Waals surface area contributed by atoms with Crippen LogP contribution in [0.25, 0.3) is 32.8 Å². The van der Waals surface area contributed by atoms with Crippen molar-refractivity contribution >= 4 is 39.1 Å². The van der Waals surface area contributed by atoms with E-state index in [1.54, 1.807) is 12.1 Å². The number of hydrogen-bond donors (Lipinski definition) is 2. The molecule has 0 aliphatic carbocycles. The third-order valence-electron chi connectivity index (χ3n) is 7.69. The fourth-order valence-corrected chi connectivity index (χ4v) is 6.10. The van der Waals surface area contributed by atoms with Crippen LogP contribution in [-0.4, -0.2) is 72.4 Å². The maximum Gasteiger partial charge on any atom is 0.318 e. The van der Waals surface area contributed by atoms with Crippen molar-refractivity contribution in [1.82, 2.24) is 20.2 Å². The van der Waals surface area contributed by atoms with Gasteiger partial charge in [-0.25, -0.2) is 4.39 Å². The molecule has 4 aromatic rings. The number of nitrogens with one attached hydrogen (secondary N) is 1. The van der Waals surface area contributed by atoms with Gasteiger partial charge in [-0.3, -0.25) is 0 Å². The molecule has 8 rings (SSSR count). The Bertz CT molecular complexity index is 1490. The molecule has 4 aliphatic heterocycles. The van der Waals surface area contributed by atoms with Crippen molar-refractivity contribution in [3.05, 3.63) is 53.3 Å². The number of phenolic OH excluding ortho intramolecular Hbond substituents is 1. The lowest BCUT2D eigenvalue weighted by atomic mass is 9.91. The second-order valence-corrected chi connectivity index (χ2v) is 10.8. The van der Waals surface area contributed by atoms with Crippen LogP contribution in [0, 0.1) is 5.82 Å². The standard InChI is InChI=1S/C24H20ClFN4O2.C5H11N/c1-32-24-28-22-18(23(29-24)30-10-13-7-14(11-30)27-13)9-19(25)20(21(22)26)17-8-15(31)6-12-4-2-3-5-16(12)17;1-6-4-2-3-5-6/h2-6,8-9,13-14,27,31H,7,10-11H2,1H3;2-5H2,1H3. The van der Waals surface area contributed by atoms with Crippen LogP contribution in [0.15, 0.2) is 42.5 Å². The first-order chi connectivity index (χ1) is 18.4. The van der Waals surface area contributed by atoms with Gasteiger partial charge in [0.05, 0.1) is 12.1 Å². The normalized spacial score (nSPS) is 20.8. The van der Waals surface area contributed by atoms with Crippen molar-refractivity contribution in [3.8, 4) is 22.9 Å². The lowest BCUT2D eigenvalue weighted by molar-refractivity contribution is 0.225. The summed E-state index contributed by atoms with van der Waals surface area (Å²) in [5.74, 6) is 0.0944. The number of piperidine rings is 1. The smallest absolute Gasteiger partial charge is 0.318 e. The van der Waals surface area contributed by atoms with Gasteiger partial charge in [-0.05, 0) is 73.9 Å². The van der Waals surface area contributed by atoms with E-state index in [1.165, 1.54) is 39.1 Å². The van der Waals surface area contributed by atoms with E-state index in [4.69, 9.17) is 16.3 Å². The Morgan fingerprint density at radius 3 is 2.42 bits per heavy atom. The Hall–Kier alpha value is -3.20. The molecule has 0 spiro atoms. The van der Waals surface area contributed by atoms with Crippen LogP contribution in [0.1, 0.15) is 19.3 Å². The van der Waals surface area contributed by atoms with Crippen molar-refractivity contribution in [1.29, 1.82) is 0 Å². The molecule has 4 saturated heterocycles. The van der Waals surface area contributed by atoms with Crippen LogP contribution in [0.3, 0.4) is 0 Å². The average Bonchev–Trinajstić information content (AvgIpc) is 3.39. The number of phenols is 1. The molecule has 2 N–H and O–H groups in total. The monoisotopic (exact) mass is 535 g/mol. The zero-order valence-electron chi connectivity index (χ0n) is 21.5. The van der Waals surface area contributed by atoms with E-state index in [-0.39, 0.29) is 27.9 Å². The van der Waals surface area contributed by atoms with Gasteiger partial charge in [0.1, 0.15) is 17.1 Å². The second kappa shape index (κ2) is 10.2. The largest absolute Gasteiger partial charge is 0.508 e. The quantitative estimate of drug-likeness (QED) is 0.372. The number of rotatable bonds is 3. The summed E-state index contributed by atoms with van der Waals surface area (Å²) in [6, 6.07) is 13.3. The van der Waals surface area contributed by atoms with Gasteiger partial charge >= 0.3 is 6.01 Å². The first-order valence-corrected chi connectivity index (χ1v) is 13.4. The molecule has 0 radical (unpaired) electrons. The predicted molar refractivity (Wildman–Crippen MR) is 150 cm³/mol. The van der Waals surface area contributed by atoms with Crippen molar-refractivity contribution < 1.29 is 14.2 Å². The van der Waals surface area contributed by atoms with Crippen molar-refractivity contribution in [2.45, 2.75) is 31.3 Å². The number of piperazine rings is 1. The Labute approximate surface area is 226 Å². The Morgan fingerprint density at radius 2 is 1.76 bits per heavy atom. The van der Waals surface area contributed by atoms with Crippen LogP contribution in [0.5, 0.6) is 11.8 Å². The number of hydrogen-bond acceptors (Lipinski definition) is 7. The van der Waals surface area contributed by atoms with E-state index in [1.807, 2.05) is 24.3 Å². The van der Waals surface area contributed by atoms with Crippen LogP contribution in [0.4, 0.5) is 10.2 Å². The van der Waals surface area contributed by atoms with E-state index in [9.17, 15) is 5.11 Å². The minimum atomic E-state index is -0.564. The number of nitrogens with zero attached hydrogens (tertiary/aromatic N) is 4. The molecule has 38 heavy (non-hydrogen) atoms. The molecule has 2 atom stereocenters. The maximum absolute atomic E-state index is 16.1. The summed E-state index contributed by atoms with van der Waals surface area (Å²) in [5, 5.41) is 16.1.